The van der Waals surface area contributed by atoms with Crippen LogP contribution < -0.4 is 0 Å². The molecule has 0 fully saturated rings. The van der Waals surface area contributed by atoms with Gasteiger partial charge in [0.05, 0.1) is 0 Å². The Bertz CT molecular complexity index is 60.4. The molecule has 1 radical (unpaired) electrons. The van der Waals surface area contributed by atoms with E-state index in [0.717, 1.165) is 0 Å². The first-order valence-electron chi connectivity index (χ1n) is 1.67. The van der Waals surface area contributed by atoms with Crippen LogP contribution in [0.2, 0.25) is 0 Å². The minimum absolute atomic E-state index is 0. The van der Waals surface area contributed by atoms with Crippen molar-refractivity contribution >= 4 is 0 Å². The smallest absolute Gasteiger partial charge is 0 e. The zero-order valence-corrected chi connectivity index (χ0v) is 5.12. The Morgan fingerprint density at radius 1 is 1.00 bits per heavy atom. The normalized spacial score (nSPS) is 6.67. The van der Waals surface area contributed by atoms with Gasteiger partial charge in [0, 0.05) is 37.7 Å². The molecular weight excluding hydrogens is 225 g/mol. The van der Waals surface area contributed by atoms with Crippen molar-refractivity contribution in [3.63, 3.8) is 0 Å². The molecule has 0 saturated carbocycles. The Hall–Kier alpha value is 0.610. The molecule has 1 heteroatoms. The van der Waals surface area contributed by atoms with Gasteiger partial charge >= 0.3 is 0 Å². The molecule has 0 heterocycles. The van der Waals surface area contributed by atoms with Crippen molar-refractivity contribution in [2.45, 2.75) is 0 Å². The molecule has 0 spiro atoms. The second kappa shape index (κ2) is 3.79. The maximum atomic E-state index is 2.00. The summed E-state index contributed by atoms with van der Waals surface area (Å²) in [6, 6.07) is 10.0. The summed E-state index contributed by atoms with van der Waals surface area (Å²) in [6.45, 7) is 0. The molecule has 0 aliphatic heterocycles. The van der Waals surface area contributed by atoms with Crippen molar-refractivity contribution in [3.05, 3.63) is 30.3 Å². The van der Waals surface area contributed by atoms with Crippen molar-refractivity contribution in [1.29, 1.82) is 0 Å². The summed E-state index contributed by atoms with van der Waals surface area (Å²) in [7, 11) is 0. The number of hydrogen-bond donors (Lipinski definition) is 0. The van der Waals surface area contributed by atoms with Gasteiger partial charge < -0.3 is 0 Å². The Balaban J connectivity index is 0.000000250. The fourth-order valence-corrected chi connectivity index (χ4v) is 0.321. The third-order valence-electron chi connectivity index (χ3n) is 0.556. The molecule has 0 nitrogen and oxygen atoms in total. The number of hydrogen-bond acceptors (Lipinski definition) is 0. The van der Waals surface area contributed by atoms with E-state index in [1.807, 2.05) is 30.3 Å². The molecule has 1 aromatic rings. The van der Waals surface area contributed by atoms with Gasteiger partial charge in [0.1, 0.15) is 0 Å². The van der Waals surface area contributed by atoms with Gasteiger partial charge in [0.2, 0.25) is 0 Å². The van der Waals surface area contributed by atoms with Crippen LogP contribution in [-0.2, 0) is 0 Å². The average Bonchev–Trinajstić information content (AvgIpc) is 1.76. The minimum atomic E-state index is 0. The molecule has 0 N–H and O–H groups in total. The topological polar surface area (TPSA) is 0 Å². The summed E-state index contributed by atoms with van der Waals surface area (Å²) >= 11 is 0. The standard InChI is InChI=1S/C5H5.Ho/c1-2-4-5-3-1;/h1-5H;/q-1;. The van der Waals surface area contributed by atoms with E-state index in [0.29, 0.717) is 0 Å². The minimum Gasteiger partial charge on any atom is -0.214 e. The van der Waals surface area contributed by atoms with Crippen molar-refractivity contribution < 1.29 is 37.7 Å². The van der Waals surface area contributed by atoms with E-state index in [9.17, 15) is 0 Å². The quantitative estimate of drug-likeness (QED) is 0.467. The number of rotatable bonds is 0. The second-order valence-electron chi connectivity index (χ2n) is 0.962. The third-order valence-corrected chi connectivity index (χ3v) is 0.556. The van der Waals surface area contributed by atoms with Gasteiger partial charge in [0.25, 0.3) is 0 Å². The first kappa shape index (κ1) is 6.61. The predicted molar refractivity (Wildman–Crippen MR) is 22.0 cm³/mol. The summed E-state index contributed by atoms with van der Waals surface area (Å²) < 4.78 is 0. The predicted octanol–water partition coefficient (Wildman–Crippen LogP) is 1.41. The molecule has 0 aliphatic carbocycles. The van der Waals surface area contributed by atoms with Crippen molar-refractivity contribution in [3.8, 4) is 0 Å². The summed E-state index contributed by atoms with van der Waals surface area (Å²) in [6.07, 6.45) is 0. The van der Waals surface area contributed by atoms with E-state index in [1.54, 1.807) is 0 Å². The maximum Gasteiger partial charge on any atom is 0 e. The van der Waals surface area contributed by atoms with Crippen LogP contribution in [0.5, 0.6) is 0 Å². The molecule has 0 aromatic heterocycles. The molecule has 6 heavy (non-hydrogen) atoms. The average molecular weight is 230 g/mol. The molecule has 0 bridgehead atoms. The van der Waals surface area contributed by atoms with E-state index in [1.165, 1.54) is 0 Å². The molecule has 1 aromatic carbocycles. The van der Waals surface area contributed by atoms with Gasteiger partial charge in [-0.15, -0.1) is 0 Å². The molecule has 0 saturated heterocycles. The Labute approximate surface area is 67.5 Å². The summed E-state index contributed by atoms with van der Waals surface area (Å²) in [5.74, 6) is 0. The van der Waals surface area contributed by atoms with Crippen molar-refractivity contribution in [1.82, 2.24) is 0 Å². The van der Waals surface area contributed by atoms with Gasteiger partial charge in [-0.3, -0.25) is 0 Å². The Kier molecular flexibility index (Phi) is 4.17. The van der Waals surface area contributed by atoms with Crippen LogP contribution in [-0.4, -0.2) is 0 Å². The van der Waals surface area contributed by atoms with Gasteiger partial charge in [-0.1, -0.05) is 0 Å². The monoisotopic (exact) mass is 230 g/mol. The van der Waals surface area contributed by atoms with Crippen molar-refractivity contribution in [2.24, 2.45) is 0 Å². The zero-order chi connectivity index (χ0) is 3.54. The molecule has 0 amide bonds. The van der Waals surface area contributed by atoms with Gasteiger partial charge in [0.15, 0.2) is 0 Å². The molecule has 37 valence electrons. The van der Waals surface area contributed by atoms with E-state index in [-0.39, 0.29) is 37.7 Å². The van der Waals surface area contributed by atoms with Crippen LogP contribution in [0, 0.1) is 37.7 Å². The van der Waals surface area contributed by atoms with Crippen LogP contribution in [0.1, 0.15) is 0 Å². The van der Waals surface area contributed by atoms with E-state index < -0.39 is 0 Å². The van der Waals surface area contributed by atoms with Gasteiger partial charge in [-0.2, -0.15) is 18.2 Å². The van der Waals surface area contributed by atoms with Gasteiger partial charge in [-0.25, -0.2) is 12.1 Å². The van der Waals surface area contributed by atoms with Gasteiger partial charge in [-0.05, 0) is 0 Å². The molecule has 0 aliphatic rings. The second-order valence-corrected chi connectivity index (χ2v) is 0.962. The Morgan fingerprint density at radius 2 is 1.50 bits per heavy atom. The maximum absolute atomic E-state index is 2.00. The Morgan fingerprint density at radius 3 is 1.67 bits per heavy atom. The van der Waals surface area contributed by atoms with Crippen LogP contribution in [0.3, 0.4) is 0 Å². The van der Waals surface area contributed by atoms with E-state index in [2.05, 4.69) is 0 Å². The van der Waals surface area contributed by atoms with Crippen LogP contribution >= 0.6 is 0 Å². The SMILES string of the molecule is [Ho].c1cc[cH-]c1. The van der Waals surface area contributed by atoms with Crippen LogP contribution in [0.15, 0.2) is 30.3 Å². The summed E-state index contributed by atoms with van der Waals surface area (Å²) in [5.41, 5.74) is 0. The zero-order valence-electron chi connectivity index (χ0n) is 3.19. The third kappa shape index (κ3) is 1.91. The first-order chi connectivity index (χ1) is 2.50. The molecule has 0 atom stereocenters. The fourth-order valence-electron chi connectivity index (χ4n) is 0.321. The first-order valence-corrected chi connectivity index (χ1v) is 1.67. The molecular formula is C5H5Ho-. The summed E-state index contributed by atoms with van der Waals surface area (Å²) in [4.78, 5) is 0. The van der Waals surface area contributed by atoms with Crippen LogP contribution in [0.4, 0.5) is 0 Å². The largest absolute Gasteiger partial charge is 0.214 e. The molecule has 0 unspecified atom stereocenters. The summed E-state index contributed by atoms with van der Waals surface area (Å²) in [5, 5.41) is 0. The van der Waals surface area contributed by atoms with E-state index >= 15 is 0 Å². The van der Waals surface area contributed by atoms with E-state index in [4.69, 9.17) is 0 Å². The molecule has 1 rings (SSSR count). The van der Waals surface area contributed by atoms with Crippen LogP contribution in [0.25, 0.3) is 0 Å². The fraction of sp³-hybridized carbons (Fsp3) is 0. The van der Waals surface area contributed by atoms with Crippen molar-refractivity contribution in [2.75, 3.05) is 0 Å².